The SMILES string of the molecule is CN1CCC[C@H](COCCO)C1. The molecule has 1 fully saturated rings. The lowest BCUT2D eigenvalue weighted by atomic mass is 10.00. The fourth-order valence-corrected chi connectivity index (χ4v) is 1.72. The number of hydrogen-bond acceptors (Lipinski definition) is 3. The smallest absolute Gasteiger partial charge is 0.0697 e. The Balaban J connectivity index is 2.06. The van der Waals surface area contributed by atoms with Crippen LogP contribution in [-0.2, 0) is 4.74 Å². The number of rotatable bonds is 4. The van der Waals surface area contributed by atoms with Crippen LogP contribution in [0.2, 0.25) is 0 Å². The van der Waals surface area contributed by atoms with E-state index >= 15 is 0 Å². The fraction of sp³-hybridized carbons (Fsp3) is 1.00. The van der Waals surface area contributed by atoms with Crippen molar-refractivity contribution in [2.45, 2.75) is 12.8 Å². The van der Waals surface area contributed by atoms with E-state index in [1.54, 1.807) is 0 Å². The maximum absolute atomic E-state index is 8.51. The molecule has 0 unspecified atom stereocenters. The molecular formula is C9H19NO2. The Kier molecular flexibility index (Phi) is 4.58. The summed E-state index contributed by atoms with van der Waals surface area (Å²) < 4.78 is 5.29. The van der Waals surface area contributed by atoms with Gasteiger partial charge in [0.25, 0.3) is 0 Å². The molecule has 3 heteroatoms. The number of ether oxygens (including phenoxy) is 1. The molecule has 0 radical (unpaired) electrons. The van der Waals surface area contributed by atoms with Crippen molar-refractivity contribution in [2.75, 3.05) is 40.0 Å². The van der Waals surface area contributed by atoms with Gasteiger partial charge in [0, 0.05) is 6.54 Å². The molecule has 0 spiro atoms. The van der Waals surface area contributed by atoms with Crippen LogP contribution in [0.15, 0.2) is 0 Å². The van der Waals surface area contributed by atoms with E-state index in [-0.39, 0.29) is 6.61 Å². The summed E-state index contributed by atoms with van der Waals surface area (Å²) in [5.74, 6) is 0.676. The minimum Gasteiger partial charge on any atom is -0.394 e. The Bertz CT molecular complexity index is 119. The van der Waals surface area contributed by atoms with Crippen LogP contribution in [0.25, 0.3) is 0 Å². The molecule has 1 N–H and O–H groups in total. The quantitative estimate of drug-likeness (QED) is 0.622. The van der Waals surface area contributed by atoms with Crippen molar-refractivity contribution in [3.63, 3.8) is 0 Å². The molecule has 0 aromatic carbocycles. The molecule has 72 valence electrons. The zero-order valence-corrected chi connectivity index (χ0v) is 7.83. The van der Waals surface area contributed by atoms with Gasteiger partial charge in [-0.15, -0.1) is 0 Å². The molecule has 12 heavy (non-hydrogen) atoms. The van der Waals surface area contributed by atoms with E-state index in [4.69, 9.17) is 9.84 Å². The molecular weight excluding hydrogens is 154 g/mol. The van der Waals surface area contributed by atoms with E-state index in [2.05, 4.69) is 11.9 Å². The van der Waals surface area contributed by atoms with Gasteiger partial charge in [0.1, 0.15) is 0 Å². The molecule has 0 bridgehead atoms. The zero-order valence-electron chi connectivity index (χ0n) is 7.83. The molecule has 1 aliphatic rings. The van der Waals surface area contributed by atoms with Crippen LogP contribution in [0.4, 0.5) is 0 Å². The van der Waals surface area contributed by atoms with Crippen molar-refractivity contribution in [3.05, 3.63) is 0 Å². The Hall–Kier alpha value is -0.120. The lowest BCUT2D eigenvalue weighted by molar-refractivity contribution is 0.0462. The average Bonchev–Trinajstić information content (AvgIpc) is 2.05. The predicted octanol–water partition coefficient (Wildman–Crippen LogP) is 0.337. The van der Waals surface area contributed by atoms with E-state index in [0.717, 1.165) is 13.2 Å². The van der Waals surface area contributed by atoms with E-state index < -0.39 is 0 Å². The number of likely N-dealkylation sites (tertiary alicyclic amines) is 1. The molecule has 1 atom stereocenters. The van der Waals surface area contributed by atoms with Crippen molar-refractivity contribution in [1.29, 1.82) is 0 Å². The first kappa shape index (κ1) is 9.96. The third-order valence-electron chi connectivity index (χ3n) is 2.31. The van der Waals surface area contributed by atoms with Gasteiger partial charge in [-0.1, -0.05) is 0 Å². The summed E-state index contributed by atoms with van der Waals surface area (Å²) in [6.45, 7) is 3.80. The predicted molar refractivity (Wildman–Crippen MR) is 48.1 cm³/mol. The first-order valence-corrected chi connectivity index (χ1v) is 4.70. The summed E-state index contributed by atoms with van der Waals surface area (Å²) in [5, 5.41) is 8.51. The number of piperidine rings is 1. The topological polar surface area (TPSA) is 32.7 Å². The van der Waals surface area contributed by atoms with Crippen molar-refractivity contribution in [2.24, 2.45) is 5.92 Å². The van der Waals surface area contributed by atoms with E-state index in [9.17, 15) is 0 Å². The molecule has 1 rings (SSSR count). The highest BCUT2D eigenvalue weighted by atomic mass is 16.5. The number of aliphatic hydroxyl groups excluding tert-OH is 1. The highest BCUT2D eigenvalue weighted by Gasteiger charge is 2.16. The van der Waals surface area contributed by atoms with Crippen molar-refractivity contribution >= 4 is 0 Å². The minimum atomic E-state index is 0.141. The highest BCUT2D eigenvalue weighted by Crippen LogP contribution is 2.14. The number of hydrogen-bond donors (Lipinski definition) is 1. The van der Waals surface area contributed by atoms with Crippen LogP contribution in [-0.4, -0.2) is 50.0 Å². The van der Waals surface area contributed by atoms with Crippen LogP contribution in [0, 0.1) is 5.92 Å². The lowest BCUT2D eigenvalue weighted by Gasteiger charge is -2.29. The maximum atomic E-state index is 8.51. The Morgan fingerprint density at radius 2 is 2.42 bits per heavy atom. The zero-order chi connectivity index (χ0) is 8.81. The second kappa shape index (κ2) is 5.51. The first-order chi connectivity index (χ1) is 5.83. The molecule has 1 aliphatic heterocycles. The highest BCUT2D eigenvalue weighted by molar-refractivity contribution is 4.69. The molecule has 0 aromatic rings. The van der Waals surface area contributed by atoms with Gasteiger partial charge < -0.3 is 14.7 Å². The van der Waals surface area contributed by atoms with Gasteiger partial charge in [-0.25, -0.2) is 0 Å². The fourth-order valence-electron chi connectivity index (χ4n) is 1.72. The number of nitrogens with zero attached hydrogens (tertiary/aromatic N) is 1. The van der Waals surface area contributed by atoms with Gasteiger partial charge in [-0.3, -0.25) is 0 Å². The second-order valence-electron chi connectivity index (χ2n) is 3.57. The molecule has 1 saturated heterocycles. The minimum absolute atomic E-state index is 0.141. The largest absolute Gasteiger partial charge is 0.394 e. The van der Waals surface area contributed by atoms with Gasteiger partial charge in [-0.2, -0.15) is 0 Å². The third kappa shape index (κ3) is 3.52. The molecule has 1 heterocycles. The van der Waals surface area contributed by atoms with Crippen molar-refractivity contribution in [3.8, 4) is 0 Å². The monoisotopic (exact) mass is 173 g/mol. The standard InChI is InChI=1S/C9H19NO2/c1-10-4-2-3-9(7-10)8-12-6-5-11/h9,11H,2-8H2,1H3/t9-/m0/s1. The third-order valence-corrected chi connectivity index (χ3v) is 2.31. The Morgan fingerprint density at radius 3 is 3.08 bits per heavy atom. The Labute approximate surface area is 74.3 Å². The Morgan fingerprint density at radius 1 is 1.58 bits per heavy atom. The first-order valence-electron chi connectivity index (χ1n) is 4.70. The van der Waals surface area contributed by atoms with E-state index in [1.807, 2.05) is 0 Å². The lowest BCUT2D eigenvalue weighted by Crippen LogP contribution is -2.34. The molecule has 0 aromatic heterocycles. The van der Waals surface area contributed by atoms with Crippen LogP contribution in [0.5, 0.6) is 0 Å². The molecule has 0 saturated carbocycles. The second-order valence-corrected chi connectivity index (χ2v) is 3.57. The summed E-state index contributed by atoms with van der Waals surface area (Å²) in [7, 11) is 2.15. The van der Waals surface area contributed by atoms with E-state index in [1.165, 1.54) is 19.4 Å². The maximum Gasteiger partial charge on any atom is 0.0697 e. The van der Waals surface area contributed by atoms with Gasteiger partial charge in [0.05, 0.1) is 19.8 Å². The van der Waals surface area contributed by atoms with Crippen molar-refractivity contribution < 1.29 is 9.84 Å². The summed E-state index contributed by atoms with van der Waals surface area (Å²) >= 11 is 0. The summed E-state index contributed by atoms with van der Waals surface area (Å²) in [4.78, 5) is 2.34. The van der Waals surface area contributed by atoms with Crippen molar-refractivity contribution in [1.82, 2.24) is 4.90 Å². The summed E-state index contributed by atoms with van der Waals surface area (Å²) in [6.07, 6.45) is 2.55. The van der Waals surface area contributed by atoms with Gasteiger partial charge in [0.2, 0.25) is 0 Å². The van der Waals surface area contributed by atoms with Gasteiger partial charge in [-0.05, 0) is 32.4 Å². The molecule has 3 nitrogen and oxygen atoms in total. The summed E-state index contributed by atoms with van der Waals surface area (Å²) in [5.41, 5.74) is 0. The van der Waals surface area contributed by atoms with Crippen LogP contribution in [0.1, 0.15) is 12.8 Å². The van der Waals surface area contributed by atoms with Crippen LogP contribution < -0.4 is 0 Å². The number of aliphatic hydroxyl groups is 1. The van der Waals surface area contributed by atoms with Gasteiger partial charge in [0.15, 0.2) is 0 Å². The van der Waals surface area contributed by atoms with Gasteiger partial charge >= 0.3 is 0 Å². The van der Waals surface area contributed by atoms with Crippen LogP contribution in [0.3, 0.4) is 0 Å². The normalized spacial score (nSPS) is 26.0. The van der Waals surface area contributed by atoms with Crippen LogP contribution >= 0.6 is 0 Å². The molecule has 0 amide bonds. The summed E-state index contributed by atoms with van der Waals surface area (Å²) in [6, 6.07) is 0. The van der Waals surface area contributed by atoms with E-state index in [0.29, 0.717) is 12.5 Å². The molecule has 0 aliphatic carbocycles. The average molecular weight is 173 g/mol.